The molecule has 86 valence electrons. The monoisotopic (exact) mass is 236 g/mol. The van der Waals surface area contributed by atoms with E-state index in [1.807, 2.05) is 24.3 Å². The largest absolute Gasteiger partial charge is 0.399 e. The minimum Gasteiger partial charge on any atom is -0.399 e. The molecule has 4 heteroatoms. The summed E-state index contributed by atoms with van der Waals surface area (Å²) in [5.74, 6) is 0.172. The average molecular weight is 236 g/mol. The number of rotatable bonds is 2. The summed E-state index contributed by atoms with van der Waals surface area (Å²) in [6, 6.07) is 7.84. The lowest BCUT2D eigenvalue weighted by Crippen LogP contribution is -2.22. The van der Waals surface area contributed by atoms with Crippen molar-refractivity contribution >= 4 is 23.4 Å². The first-order valence-corrected chi connectivity index (χ1v) is 6.41. The van der Waals surface area contributed by atoms with Gasteiger partial charge < -0.3 is 11.1 Å². The number of nitrogens with one attached hydrogen (secondary N) is 1. The van der Waals surface area contributed by atoms with Gasteiger partial charge >= 0.3 is 0 Å². The van der Waals surface area contributed by atoms with Crippen molar-refractivity contribution in [2.45, 2.75) is 29.4 Å². The third kappa shape index (κ3) is 3.17. The molecule has 3 N–H and O–H groups in total. The highest BCUT2D eigenvalue weighted by molar-refractivity contribution is 8.00. The fourth-order valence-electron chi connectivity index (χ4n) is 1.78. The second-order valence-electron chi connectivity index (χ2n) is 4.01. The highest BCUT2D eigenvalue weighted by Crippen LogP contribution is 2.29. The van der Waals surface area contributed by atoms with Crippen molar-refractivity contribution in [3.8, 4) is 0 Å². The van der Waals surface area contributed by atoms with Gasteiger partial charge in [0.05, 0.1) is 0 Å². The molecule has 0 aromatic heterocycles. The van der Waals surface area contributed by atoms with E-state index in [9.17, 15) is 4.79 Å². The molecule has 1 aromatic rings. The molecule has 1 amide bonds. The van der Waals surface area contributed by atoms with E-state index in [1.165, 1.54) is 4.90 Å². The molecule has 0 saturated carbocycles. The van der Waals surface area contributed by atoms with Crippen LogP contribution in [-0.2, 0) is 4.79 Å². The quantitative estimate of drug-likeness (QED) is 0.772. The van der Waals surface area contributed by atoms with Crippen LogP contribution in [0.3, 0.4) is 0 Å². The van der Waals surface area contributed by atoms with Crippen molar-refractivity contribution in [2.24, 2.45) is 0 Å². The van der Waals surface area contributed by atoms with Gasteiger partial charge in [-0.05, 0) is 37.1 Å². The molecule has 1 fully saturated rings. The van der Waals surface area contributed by atoms with Gasteiger partial charge in [-0.3, -0.25) is 4.79 Å². The van der Waals surface area contributed by atoms with Crippen molar-refractivity contribution in [1.82, 2.24) is 5.32 Å². The zero-order chi connectivity index (χ0) is 11.4. The Labute approximate surface area is 99.8 Å². The van der Waals surface area contributed by atoms with Gasteiger partial charge in [0, 0.05) is 28.8 Å². The Kier molecular flexibility index (Phi) is 3.72. The number of benzene rings is 1. The number of nitrogens with two attached hydrogens (primary N) is 1. The zero-order valence-electron chi connectivity index (χ0n) is 9.11. The Morgan fingerprint density at radius 1 is 1.31 bits per heavy atom. The lowest BCUT2D eigenvalue weighted by Gasteiger charge is -2.12. The molecule has 1 heterocycles. The van der Waals surface area contributed by atoms with Crippen LogP contribution < -0.4 is 11.1 Å². The highest BCUT2D eigenvalue weighted by Gasteiger charge is 2.18. The van der Waals surface area contributed by atoms with Crippen molar-refractivity contribution in [3.05, 3.63) is 24.3 Å². The molecule has 1 atom stereocenters. The molecular formula is C12H16N2OS. The SMILES string of the molecule is Nc1ccc(SC2CCCNC(=O)C2)cc1. The molecule has 1 aliphatic rings. The van der Waals surface area contributed by atoms with E-state index < -0.39 is 0 Å². The molecule has 1 aromatic carbocycles. The van der Waals surface area contributed by atoms with Crippen molar-refractivity contribution in [3.63, 3.8) is 0 Å². The number of anilines is 1. The van der Waals surface area contributed by atoms with Crippen LogP contribution in [0.1, 0.15) is 19.3 Å². The number of thioether (sulfide) groups is 1. The second kappa shape index (κ2) is 5.25. The van der Waals surface area contributed by atoms with E-state index in [0.29, 0.717) is 11.7 Å². The van der Waals surface area contributed by atoms with E-state index >= 15 is 0 Å². The van der Waals surface area contributed by atoms with Crippen LogP contribution in [0.25, 0.3) is 0 Å². The Morgan fingerprint density at radius 2 is 2.06 bits per heavy atom. The lowest BCUT2D eigenvalue weighted by molar-refractivity contribution is -0.120. The molecular weight excluding hydrogens is 220 g/mol. The molecule has 16 heavy (non-hydrogen) atoms. The molecule has 1 aliphatic heterocycles. The topological polar surface area (TPSA) is 55.1 Å². The molecule has 0 radical (unpaired) electrons. The molecule has 0 spiro atoms. The summed E-state index contributed by atoms with van der Waals surface area (Å²) in [7, 11) is 0. The Balaban J connectivity index is 1.97. The summed E-state index contributed by atoms with van der Waals surface area (Å²) < 4.78 is 0. The summed E-state index contributed by atoms with van der Waals surface area (Å²) in [6.07, 6.45) is 2.78. The molecule has 1 saturated heterocycles. The Hall–Kier alpha value is -1.16. The maximum atomic E-state index is 11.4. The van der Waals surface area contributed by atoms with Gasteiger partial charge in [0.2, 0.25) is 5.91 Å². The predicted octanol–water partition coefficient (Wildman–Crippen LogP) is 2.03. The lowest BCUT2D eigenvalue weighted by atomic mass is 10.2. The van der Waals surface area contributed by atoms with Crippen molar-refractivity contribution in [2.75, 3.05) is 12.3 Å². The van der Waals surface area contributed by atoms with Crippen molar-refractivity contribution < 1.29 is 4.79 Å². The standard InChI is InChI=1S/C12H16N2OS/c13-9-3-5-10(6-4-9)16-11-2-1-7-14-12(15)8-11/h3-6,11H,1-2,7-8,13H2,(H,14,15). The normalized spacial score (nSPS) is 21.2. The summed E-state index contributed by atoms with van der Waals surface area (Å²) in [6.45, 7) is 0.817. The first-order chi connectivity index (χ1) is 7.74. The van der Waals surface area contributed by atoms with E-state index in [2.05, 4.69) is 5.32 Å². The molecule has 0 aliphatic carbocycles. The fraction of sp³-hybridized carbons (Fsp3) is 0.417. The Morgan fingerprint density at radius 3 is 2.81 bits per heavy atom. The van der Waals surface area contributed by atoms with Gasteiger partial charge in [0.15, 0.2) is 0 Å². The van der Waals surface area contributed by atoms with Gasteiger partial charge in [-0.25, -0.2) is 0 Å². The molecule has 0 bridgehead atoms. The van der Waals surface area contributed by atoms with Gasteiger partial charge in [-0.1, -0.05) is 0 Å². The van der Waals surface area contributed by atoms with Gasteiger partial charge in [-0.2, -0.15) is 0 Å². The van der Waals surface area contributed by atoms with Crippen LogP contribution in [0.15, 0.2) is 29.2 Å². The average Bonchev–Trinajstić information content (AvgIpc) is 2.46. The van der Waals surface area contributed by atoms with Crippen LogP contribution >= 0.6 is 11.8 Å². The minimum atomic E-state index is 0.172. The van der Waals surface area contributed by atoms with E-state index in [0.717, 1.165) is 25.1 Å². The number of carbonyl (C=O) groups is 1. The van der Waals surface area contributed by atoms with Gasteiger partial charge in [-0.15, -0.1) is 11.8 Å². The summed E-state index contributed by atoms with van der Waals surface area (Å²) >= 11 is 1.77. The maximum absolute atomic E-state index is 11.4. The Bertz CT molecular complexity index is 364. The number of carbonyl (C=O) groups excluding carboxylic acids is 1. The van der Waals surface area contributed by atoms with Crippen LogP contribution in [-0.4, -0.2) is 17.7 Å². The second-order valence-corrected chi connectivity index (χ2v) is 5.38. The van der Waals surface area contributed by atoms with E-state index in [1.54, 1.807) is 11.8 Å². The third-order valence-corrected chi connectivity index (χ3v) is 3.90. The maximum Gasteiger partial charge on any atom is 0.221 e. The van der Waals surface area contributed by atoms with Gasteiger partial charge in [0.25, 0.3) is 0 Å². The highest BCUT2D eigenvalue weighted by atomic mass is 32.2. The third-order valence-electron chi connectivity index (χ3n) is 2.62. The number of hydrogen-bond donors (Lipinski definition) is 2. The predicted molar refractivity (Wildman–Crippen MR) is 67.4 cm³/mol. The molecule has 2 rings (SSSR count). The van der Waals surface area contributed by atoms with Gasteiger partial charge in [0.1, 0.15) is 0 Å². The van der Waals surface area contributed by atoms with Crippen LogP contribution in [0.2, 0.25) is 0 Å². The summed E-state index contributed by atoms with van der Waals surface area (Å²) in [5, 5.41) is 3.29. The number of amides is 1. The first kappa shape index (κ1) is 11.3. The fourth-order valence-corrected chi connectivity index (χ4v) is 2.98. The van der Waals surface area contributed by atoms with E-state index in [4.69, 9.17) is 5.73 Å². The van der Waals surface area contributed by atoms with Crippen LogP contribution in [0.4, 0.5) is 5.69 Å². The number of nitrogen functional groups attached to an aromatic ring is 1. The van der Waals surface area contributed by atoms with Crippen LogP contribution in [0.5, 0.6) is 0 Å². The summed E-state index contributed by atoms with van der Waals surface area (Å²) in [5.41, 5.74) is 6.41. The minimum absolute atomic E-state index is 0.172. The molecule has 3 nitrogen and oxygen atoms in total. The molecule has 1 unspecified atom stereocenters. The number of hydrogen-bond acceptors (Lipinski definition) is 3. The van der Waals surface area contributed by atoms with Crippen molar-refractivity contribution in [1.29, 1.82) is 0 Å². The first-order valence-electron chi connectivity index (χ1n) is 5.53. The summed E-state index contributed by atoms with van der Waals surface area (Å²) in [4.78, 5) is 12.6. The van der Waals surface area contributed by atoms with E-state index in [-0.39, 0.29) is 5.91 Å². The smallest absolute Gasteiger partial charge is 0.221 e. The zero-order valence-corrected chi connectivity index (χ0v) is 9.93. The van der Waals surface area contributed by atoms with Crippen LogP contribution in [0, 0.1) is 0 Å².